The van der Waals surface area contributed by atoms with Gasteiger partial charge in [0.1, 0.15) is 17.1 Å². The van der Waals surface area contributed by atoms with E-state index in [2.05, 4.69) is 25.9 Å². The Morgan fingerprint density at radius 3 is 2.64 bits per heavy atom. The van der Waals surface area contributed by atoms with Crippen molar-refractivity contribution >= 4 is 32.9 Å². The van der Waals surface area contributed by atoms with E-state index in [1.165, 1.54) is 13.2 Å². The average molecular weight is 361 g/mol. The van der Waals surface area contributed by atoms with Crippen molar-refractivity contribution in [1.29, 1.82) is 0 Å². The molecule has 0 aliphatic heterocycles. The fourth-order valence-electron chi connectivity index (χ4n) is 2.34. The summed E-state index contributed by atoms with van der Waals surface area (Å²) in [5, 5.41) is 9.28. The maximum absolute atomic E-state index is 11.3. The minimum absolute atomic E-state index is 0.186. The third kappa shape index (κ3) is 2.69. The SMILES string of the molecule is COc1ccc(C(=O)O)c2[nH]c(Cc3ccc(Br)cc3)nc12. The number of nitrogens with zero attached hydrogens (tertiary/aromatic N) is 1. The Kier molecular flexibility index (Phi) is 3.85. The zero-order valence-corrected chi connectivity index (χ0v) is 13.3. The number of ether oxygens (including phenoxy) is 1. The summed E-state index contributed by atoms with van der Waals surface area (Å²) >= 11 is 3.40. The second-order valence-corrected chi connectivity index (χ2v) is 5.75. The predicted octanol–water partition coefficient (Wildman–Crippen LogP) is 3.62. The van der Waals surface area contributed by atoms with Crippen LogP contribution in [0.4, 0.5) is 0 Å². The van der Waals surface area contributed by atoms with Crippen molar-refractivity contribution in [1.82, 2.24) is 9.97 Å². The molecule has 1 aromatic heterocycles. The molecule has 3 rings (SSSR count). The van der Waals surface area contributed by atoms with Gasteiger partial charge in [-0.25, -0.2) is 9.78 Å². The lowest BCUT2D eigenvalue weighted by atomic mass is 10.1. The van der Waals surface area contributed by atoms with Gasteiger partial charge in [-0.1, -0.05) is 28.1 Å². The van der Waals surface area contributed by atoms with Gasteiger partial charge in [0.05, 0.1) is 18.2 Å². The van der Waals surface area contributed by atoms with Gasteiger partial charge in [0.2, 0.25) is 0 Å². The third-order valence-corrected chi connectivity index (χ3v) is 3.92. The number of carboxylic acid groups (broad SMARTS) is 1. The number of aromatic amines is 1. The van der Waals surface area contributed by atoms with Crippen molar-refractivity contribution in [2.45, 2.75) is 6.42 Å². The molecule has 112 valence electrons. The van der Waals surface area contributed by atoms with Gasteiger partial charge in [-0.2, -0.15) is 0 Å². The van der Waals surface area contributed by atoms with Crippen molar-refractivity contribution in [3.8, 4) is 5.75 Å². The maximum atomic E-state index is 11.3. The topological polar surface area (TPSA) is 75.2 Å². The molecule has 0 amide bonds. The van der Waals surface area contributed by atoms with Crippen molar-refractivity contribution in [3.05, 3.63) is 57.8 Å². The van der Waals surface area contributed by atoms with E-state index in [1.807, 2.05) is 24.3 Å². The molecular formula is C16H13BrN2O3. The van der Waals surface area contributed by atoms with E-state index in [-0.39, 0.29) is 5.56 Å². The molecule has 2 aromatic carbocycles. The second-order valence-electron chi connectivity index (χ2n) is 4.83. The van der Waals surface area contributed by atoms with E-state index in [9.17, 15) is 9.90 Å². The monoisotopic (exact) mass is 360 g/mol. The lowest BCUT2D eigenvalue weighted by molar-refractivity contribution is 0.0699. The summed E-state index contributed by atoms with van der Waals surface area (Å²) in [6, 6.07) is 11.0. The molecule has 0 atom stereocenters. The van der Waals surface area contributed by atoms with Crippen molar-refractivity contribution in [3.63, 3.8) is 0 Å². The molecule has 0 aliphatic rings. The van der Waals surface area contributed by atoms with E-state index in [4.69, 9.17) is 4.74 Å². The van der Waals surface area contributed by atoms with Gasteiger partial charge < -0.3 is 14.8 Å². The van der Waals surface area contributed by atoms with E-state index in [0.29, 0.717) is 29.0 Å². The van der Waals surface area contributed by atoms with Gasteiger partial charge in [-0.15, -0.1) is 0 Å². The quantitative estimate of drug-likeness (QED) is 0.744. The highest BCUT2D eigenvalue weighted by atomic mass is 79.9. The number of aromatic nitrogens is 2. The molecule has 0 saturated heterocycles. The molecule has 0 bridgehead atoms. The number of halogens is 1. The van der Waals surface area contributed by atoms with E-state index in [0.717, 1.165) is 10.0 Å². The minimum atomic E-state index is -0.994. The van der Waals surface area contributed by atoms with Gasteiger partial charge in [0, 0.05) is 10.9 Å². The van der Waals surface area contributed by atoms with Gasteiger partial charge in [-0.05, 0) is 29.8 Å². The number of carboxylic acids is 1. The molecule has 1 heterocycles. The number of methoxy groups -OCH3 is 1. The van der Waals surface area contributed by atoms with E-state index >= 15 is 0 Å². The van der Waals surface area contributed by atoms with Crippen LogP contribution >= 0.6 is 15.9 Å². The number of nitrogens with one attached hydrogen (secondary N) is 1. The molecule has 0 fully saturated rings. The molecule has 5 nitrogen and oxygen atoms in total. The van der Waals surface area contributed by atoms with Crippen LogP contribution in [0.5, 0.6) is 5.75 Å². The number of aromatic carboxylic acids is 1. The van der Waals surface area contributed by atoms with Crippen LogP contribution in [-0.4, -0.2) is 28.2 Å². The number of hydrogen-bond donors (Lipinski definition) is 2. The first kappa shape index (κ1) is 14.6. The van der Waals surface area contributed by atoms with Gasteiger partial charge in [-0.3, -0.25) is 0 Å². The number of imidazole rings is 1. The van der Waals surface area contributed by atoms with Crippen LogP contribution < -0.4 is 4.74 Å². The predicted molar refractivity (Wildman–Crippen MR) is 86.6 cm³/mol. The molecule has 6 heteroatoms. The number of hydrogen-bond acceptors (Lipinski definition) is 3. The first-order valence-corrected chi connectivity index (χ1v) is 7.41. The largest absolute Gasteiger partial charge is 0.494 e. The summed E-state index contributed by atoms with van der Waals surface area (Å²) in [5.41, 5.74) is 2.29. The smallest absolute Gasteiger partial charge is 0.337 e. The zero-order valence-electron chi connectivity index (χ0n) is 11.8. The van der Waals surface area contributed by atoms with Gasteiger partial charge in [0.25, 0.3) is 0 Å². The Bertz CT molecular complexity index is 840. The number of carbonyl (C=O) groups is 1. The Morgan fingerprint density at radius 1 is 1.27 bits per heavy atom. The Morgan fingerprint density at radius 2 is 2.00 bits per heavy atom. The fraction of sp³-hybridized carbons (Fsp3) is 0.125. The van der Waals surface area contributed by atoms with Gasteiger partial charge >= 0.3 is 5.97 Å². The highest BCUT2D eigenvalue weighted by Crippen LogP contribution is 2.27. The zero-order chi connectivity index (χ0) is 15.7. The molecule has 0 unspecified atom stereocenters. The Hall–Kier alpha value is -2.34. The van der Waals surface area contributed by atoms with Crippen molar-refractivity contribution in [2.24, 2.45) is 0 Å². The first-order valence-electron chi connectivity index (χ1n) is 6.62. The lowest BCUT2D eigenvalue weighted by Gasteiger charge is -2.02. The molecule has 2 N–H and O–H groups in total. The van der Waals surface area contributed by atoms with Crippen LogP contribution in [0.3, 0.4) is 0 Å². The highest BCUT2D eigenvalue weighted by molar-refractivity contribution is 9.10. The molecule has 0 spiro atoms. The maximum Gasteiger partial charge on any atom is 0.337 e. The van der Waals surface area contributed by atoms with E-state index < -0.39 is 5.97 Å². The van der Waals surface area contributed by atoms with Crippen LogP contribution in [-0.2, 0) is 6.42 Å². The summed E-state index contributed by atoms with van der Waals surface area (Å²) in [6.07, 6.45) is 0.587. The molecule has 0 saturated carbocycles. The van der Waals surface area contributed by atoms with Crippen LogP contribution in [0.15, 0.2) is 40.9 Å². The summed E-state index contributed by atoms with van der Waals surface area (Å²) in [6.45, 7) is 0. The van der Waals surface area contributed by atoms with Crippen molar-refractivity contribution in [2.75, 3.05) is 7.11 Å². The van der Waals surface area contributed by atoms with Crippen molar-refractivity contribution < 1.29 is 14.6 Å². The molecule has 0 aliphatic carbocycles. The summed E-state index contributed by atoms with van der Waals surface area (Å²) in [4.78, 5) is 18.9. The molecule has 3 aromatic rings. The van der Waals surface area contributed by atoms with Crippen LogP contribution in [0.1, 0.15) is 21.7 Å². The Balaban J connectivity index is 2.06. The first-order chi connectivity index (χ1) is 10.6. The van der Waals surface area contributed by atoms with Crippen LogP contribution in [0.2, 0.25) is 0 Å². The Labute approximate surface area is 135 Å². The molecule has 0 radical (unpaired) electrons. The lowest BCUT2D eigenvalue weighted by Crippen LogP contribution is -1.98. The number of rotatable bonds is 4. The van der Waals surface area contributed by atoms with Gasteiger partial charge in [0.15, 0.2) is 0 Å². The number of H-pyrrole nitrogens is 1. The molecular weight excluding hydrogens is 348 g/mol. The number of benzene rings is 2. The standard InChI is InChI=1S/C16H13BrN2O3/c1-22-12-7-6-11(16(20)21)14-15(12)19-13(18-14)8-9-2-4-10(17)5-3-9/h2-7H,8H2,1H3,(H,18,19)(H,20,21). The fourth-order valence-corrected chi connectivity index (χ4v) is 2.60. The molecule has 22 heavy (non-hydrogen) atoms. The van der Waals surface area contributed by atoms with E-state index in [1.54, 1.807) is 6.07 Å². The van der Waals surface area contributed by atoms with Crippen LogP contribution in [0.25, 0.3) is 11.0 Å². The normalized spacial score (nSPS) is 10.8. The minimum Gasteiger partial charge on any atom is -0.494 e. The third-order valence-electron chi connectivity index (χ3n) is 3.39. The summed E-state index contributed by atoms with van der Waals surface area (Å²) in [5.74, 6) is 0.258. The second kappa shape index (κ2) is 5.81. The number of fused-ring (bicyclic) bond motifs is 1. The highest BCUT2D eigenvalue weighted by Gasteiger charge is 2.16. The summed E-state index contributed by atoms with van der Waals surface area (Å²) in [7, 11) is 1.54. The summed E-state index contributed by atoms with van der Waals surface area (Å²) < 4.78 is 6.27. The van der Waals surface area contributed by atoms with Crippen LogP contribution in [0, 0.1) is 0 Å². The average Bonchev–Trinajstić information content (AvgIpc) is 2.91.